The number of urea groups is 1. The van der Waals surface area contributed by atoms with E-state index in [9.17, 15) is 19.2 Å². The summed E-state index contributed by atoms with van der Waals surface area (Å²) in [5.41, 5.74) is 0. The first-order valence-corrected chi connectivity index (χ1v) is 4.51. The van der Waals surface area contributed by atoms with Crippen LogP contribution in [-0.4, -0.2) is 34.8 Å². The number of rotatable bonds is 5. The van der Waals surface area contributed by atoms with Crippen molar-refractivity contribution < 1.29 is 24.3 Å². The predicted octanol–water partition coefficient (Wildman–Crippen LogP) is -0.815. The Bertz CT molecular complexity index is 374. The Labute approximate surface area is 90.5 Å². The number of ketones is 1. The van der Waals surface area contributed by atoms with Crippen LogP contribution in [-0.2, 0) is 14.4 Å². The van der Waals surface area contributed by atoms with Crippen molar-refractivity contribution in [1.29, 1.82) is 0 Å². The zero-order chi connectivity index (χ0) is 12.1. The molecule has 86 valence electrons. The zero-order valence-corrected chi connectivity index (χ0v) is 8.23. The molecule has 7 heteroatoms. The first-order valence-electron chi connectivity index (χ1n) is 4.51. The number of imide groups is 1. The third-order valence-corrected chi connectivity index (χ3v) is 1.86. The maximum Gasteiger partial charge on any atom is 0.322 e. The van der Waals surface area contributed by atoms with Crippen LogP contribution in [0, 0.1) is 0 Å². The van der Waals surface area contributed by atoms with E-state index in [1.807, 2.05) is 5.32 Å². The lowest BCUT2D eigenvalue weighted by Crippen LogP contribution is -2.27. The molecule has 0 aromatic carbocycles. The van der Waals surface area contributed by atoms with Gasteiger partial charge in [0.1, 0.15) is 12.5 Å². The predicted molar refractivity (Wildman–Crippen MR) is 51.5 cm³/mol. The second-order valence-electron chi connectivity index (χ2n) is 3.19. The number of carboxylic acids is 1. The van der Waals surface area contributed by atoms with E-state index in [0.29, 0.717) is 0 Å². The molecule has 3 amide bonds. The molecule has 7 nitrogen and oxygen atoms in total. The molecule has 0 saturated carbocycles. The highest BCUT2D eigenvalue weighted by atomic mass is 16.4. The van der Waals surface area contributed by atoms with Gasteiger partial charge in [0.2, 0.25) is 0 Å². The highest BCUT2D eigenvalue weighted by Crippen LogP contribution is 2.00. The molecule has 1 aliphatic rings. The van der Waals surface area contributed by atoms with E-state index < -0.39 is 36.2 Å². The number of carboxylic acid groups (broad SMARTS) is 1. The molecular formula is C9H10N2O5. The second-order valence-corrected chi connectivity index (χ2v) is 3.19. The van der Waals surface area contributed by atoms with Crippen molar-refractivity contribution in [3.8, 4) is 0 Å². The molecule has 3 N–H and O–H groups in total. The quantitative estimate of drug-likeness (QED) is 0.322. The number of hydrogen-bond donors (Lipinski definition) is 3. The van der Waals surface area contributed by atoms with Crippen molar-refractivity contribution in [3.63, 3.8) is 0 Å². The van der Waals surface area contributed by atoms with Gasteiger partial charge in [0.05, 0.1) is 0 Å². The van der Waals surface area contributed by atoms with Crippen LogP contribution < -0.4 is 10.6 Å². The first-order chi connectivity index (χ1) is 7.49. The molecule has 0 radical (unpaired) electrons. The zero-order valence-electron chi connectivity index (χ0n) is 8.23. The maximum absolute atomic E-state index is 11.0. The van der Waals surface area contributed by atoms with Gasteiger partial charge >= 0.3 is 12.0 Å². The lowest BCUT2D eigenvalue weighted by Gasteiger charge is -2.00. The van der Waals surface area contributed by atoms with Crippen molar-refractivity contribution in [1.82, 2.24) is 10.6 Å². The lowest BCUT2D eigenvalue weighted by atomic mass is 10.2. The summed E-state index contributed by atoms with van der Waals surface area (Å²) in [6, 6.07) is -1.26. The minimum absolute atomic E-state index is 0.156. The normalized spacial score (nSPS) is 19.6. The molecule has 0 unspecified atom stereocenters. The van der Waals surface area contributed by atoms with Crippen LogP contribution in [0.4, 0.5) is 4.79 Å². The Hall–Kier alpha value is -2.18. The molecule has 1 fully saturated rings. The number of nitrogens with one attached hydrogen (secondary N) is 2. The van der Waals surface area contributed by atoms with Crippen LogP contribution in [0.3, 0.4) is 0 Å². The molecule has 1 saturated heterocycles. The molecular weight excluding hydrogens is 216 g/mol. The van der Waals surface area contributed by atoms with E-state index >= 15 is 0 Å². The van der Waals surface area contributed by atoms with Crippen molar-refractivity contribution >= 4 is 23.7 Å². The van der Waals surface area contributed by atoms with Crippen LogP contribution in [0.15, 0.2) is 12.2 Å². The Kier molecular flexibility index (Phi) is 3.76. The standard InChI is InChI=1S/C9H10N2O5/c12-5(4-7(13)14)2-1-3-6-8(15)11-9(16)10-6/h1-2,6H,3-4H2,(H,13,14)(H2,10,11,15,16)/b2-1+/t6-/m0/s1. The van der Waals surface area contributed by atoms with E-state index in [4.69, 9.17) is 5.11 Å². The second kappa shape index (κ2) is 5.06. The minimum atomic E-state index is -1.21. The Morgan fingerprint density at radius 1 is 1.38 bits per heavy atom. The Balaban J connectivity index is 2.37. The summed E-state index contributed by atoms with van der Waals surface area (Å²) in [6.45, 7) is 0. The molecule has 0 aromatic rings. The largest absolute Gasteiger partial charge is 0.481 e. The van der Waals surface area contributed by atoms with Gasteiger partial charge in [-0.1, -0.05) is 6.08 Å². The summed E-state index contributed by atoms with van der Waals surface area (Å²) in [6.07, 6.45) is 2.02. The third kappa shape index (κ3) is 3.52. The van der Waals surface area contributed by atoms with Crippen molar-refractivity contribution in [2.75, 3.05) is 0 Å². The fourth-order valence-electron chi connectivity index (χ4n) is 1.17. The summed E-state index contributed by atoms with van der Waals surface area (Å²) >= 11 is 0. The number of carbonyl (C=O) groups is 4. The molecule has 1 heterocycles. The highest BCUT2D eigenvalue weighted by molar-refractivity contribution is 6.04. The molecule has 16 heavy (non-hydrogen) atoms. The van der Waals surface area contributed by atoms with Crippen molar-refractivity contribution in [2.45, 2.75) is 18.9 Å². The smallest absolute Gasteiger partial charge is 0.322 e. The molecule has 1 rings (SSSR count). The van der Waals surface area contributed by atoms with E-state index in [2.05, 4.69) is 5.32 Å². The highest BCUT2D eigenvalue weighted by Gasteiger charge is 2.27. The Morgan fingerprint density at radius 3 is 2.56 bits per heavy atom. The molecule has 0 aliphatic carbocycles. The fourth-order valence-corrected chi connectivity index (χ4v) is 1.17. The first kappa shape index (κ1) is 11.9. The number of aliphatic carboxylic acids is 1. The van der Waals surface area contributed by atoms with Gasteiger partial charge < -0.3 is 10.4 Å². The van der Waals surface area contributed by atoms with Gasteiger partial charge in [-0.3, -0.25) is 19.7 Å². The van der Waals surface area contributed by atoms with Gasteiger partial charge in [0.15, 0.2) is 5.78 Å². The average molecular weight is 226 g/mol. The maximum atomic E-state index is 11.0. The van der Waals surface area contributed by atoms with Crippen molar-refractivity contribution in [2.24, 2.45) is 0 Å². The minimum Gasteiger partial charge on any atom is -0.481 e. The molecule has 1 atom stereocenters. The summed E-state index contributed by atoms with van der Waals surface area (Å²) in [4.78, 5) is 42.8. The Morgan fingerprint density at radius 2 is 2.06 bits per heavy atom. The SMILES string of the molecule is O=C(O)CC(=O)/C=C/C[C@@H]1NC(=O)NC1=O. The fraction of sp³-hybridized carbons (Fsp3) is 0.333. The van der Waals surface area contributed by atoms with Gasteiger partial charge in [0.25, 0.3) is 5.91 Å². The number of carbonyl (C=O) groups excluding carboxylic acids is 3. The third-order valence-electron chi connectivity index (χ3n) is 1.86. The molecule has 0 aromatic heterocycles. The number of amides is 3. The monoisotopic (exact) mass is 226 g/mol. The van der Waals surface area contributed by atoms with Gasteiger partial charge in [0, 0.05) is 0 Å². The van der Waals surface area contributed by atoms with Crippen molar-refractivity contribution in [3.05, 3.63) is 12.2 Å². The summed E-state index contributed by atoms with van der Waals surface area (Å²) in [5, 5.41) is 12.7. The summed E-state index contributed by atoms with van der Waals surface area (Å²) in [5.74, 6) is -2.22. The van der Waals surface area contributed by atoms with Gasteiger partial charge in [-0.2, -0.15) is 0 Å². The molecule has 0 bridgehead atoms. The molecule has 1 aliphatic heterocycles. The number of hydrogen-bond acceptors (Lipinski definition) is 4. The van der Waals surface area contributed by atoms with Crippen LogP contribution in [0.1, 0.15) is 12.8 Å². The topological polar surface area (TPSA) is 113 Å². The summed E-state index contributed by atoms with van der Waals surface area (Å²) < 4.78 is 0. The van der Waals surface area contributed by atoms with E-state index in [0.717, 1.165) is 6.08 Å². The average Bonchev–Trinajstić information content (AvgIpc) is 2.44. The van der Waals surface area contributed by atoms with Crippen LogP contribution in [0.25, 0.3) is 0 Å². The van der Waals surface area contributed by atoms with Gasteiger partial charge in [-0.05, 0) is 12.5 Å². The van der Waals surface area contributed by atoms with Crippen LogP contribution in [0.5, 0.6) is 0 Å². The van der Waals surface area contributed by atoms with Crippen LogP contribution >= 0.6 is 0 Å². The van der Waals surface area contributed by atoms with Gasteiger partial charge in [-0.15, -0.1) is 0 Å². The van der Waals surface area contributed by atoms with Crippen LogP contribution in [0.2, 0.25) is 0 Å². The van der Waals surface area contributed by atoms with Gasteiger partial charge in [-0.25, -0.2) is 4.79 Å². The molecule has 0 spiro atoms. The van der Waals surface area contributed by atoms with E-state index in [1.165, 1.54) is 6.08 Å². The lowest BCUT2D eigenvalue weighted by molar-refractivity contribution is -0.139. The summed E-state index contributed by atoms with van der Waals surface area (Å²) in [7, 11) is 0. The van der Waals surface area contributed by atoms with E-state index in [1.54, 1.807) is 0 Å². The number of allylic oxidation sites excluding steroid dienone is 1. The van der Waals surface area contributed by atoms with E-state index in [-0.39, 0.29) is 6.42 Å².